The van der Waals surface area contributed by atoms with E-state index in [1.165, 1.54) is 11.3 Å². The summed E-state index contributed by atoms with van der Waals surface area (Å²) in [6, 6.07) is 8.39. The third kappa shape index (κ3) is 4.12. The Morgan fingerprint density at radius 1 is 1.27 bits per heavy atom. The number of aromatic nitrogens is 2. The molecule has 2 heterocycles. The molecule has 114 valence electrons. The minimum Gasteiger partial charge on any atom is -0.308 e. The number of hydrogen-bond acceptors (Lipinski definition) is 5. The Bertz CT molecular complexity index is 637. The normalized spacial score (nSPS) is 18.7. The Kier molecular flexibility index (Phi) is 5.53. The van der Waals surface area contributed by atoms with Gasteiger partial charge in [-0.3, -0.25) is 4.98 Å². The van der Waals surface area contributed by atoms with Crippen LogP contribution in [0.1, 0.15) is 18.5 Å². The van der Waals surface area contributed by atoms with Crippen LogP contribution in [-0.4, -0.2) is 28.1 Å². The molecule has 3 nitrogen and oxygen atoms in total. The zero-order chi connectivity index (χ0) is 15.2. The summed E-state index contributed by atoms with van der Waals surface area (Å²) in [4.78, 5) is 10.2. The minimum atomic E-state index is 0.185. The topological polar surface area (TPSA) is 35.0 Å². The van der Waals surface area contributed by atoms with Crippen molar-refractivity contribution in [2.24, 2.45) is 0 Å². The summed E-state index contributed by atoms with van der Waals surface area (Å²) in [5.41, 5.74) is 2.85. The number of rotatable bonds is 4. The van der Waals surface area contributed by atoms with Crippen molar-refractivity contribution in [3.63, 3.8) is 0 Å². The maximum Gasteiger partial charge on any atom is 0.0907 e. The van der Waals surface area contributed by atoms with Gasteiger partial charge in [-0.15, -0.1) is 11.8 Å². The molecule has 1 aromatic carbocycles. The van der Waals surface area contributed by atoms with Gasteiger partial charge in [0.1, 0.15) is 0 Å². The van der Waals surface area contributed by atoms with E-state index in [2.05, 4.69) is 46.6 Å². The molecule has 1 saturated heterocycles. The maximum absolute atomic E-state index is 5.62. The van der Waals surface area contributed by atoms with Crippen LogP contribution in [0.25, 0.3) is 17.3 Å². The molecule has 0 aliphatic carbocycles. The van der Waals surface area contributed by atoms with Gasteiger partial charge in [0.15, 0.2) is 0 Å². The van der Waals surface area contributed by atoms with Gasteiger partial charge in [0.05, 0.1) is 29.9 Å². The summed E-state index contributed by atoms with van der Waals surface area (Å²) in [5, 5.41) is 0. The Balaban J connectivity index is 1.75. The summed E-state index contributed by atoms with van der Waals surface area (Å²) in [6.45, 7) is 0. The summed E-state index contributed by atoms with van der Waals surface area (Å²) in [6.07, 6.45) is 12.2. The van der Waals surface area contributed by atoms with E-state index in [0.29, 0.717) is 0 Å². The van der Waals surface area contributed by atoms with E-state index in [9.17, 15) is 0 Å². The zero-order valence-corrected chi connectivity index (χ0v) is 14.1. The van der Waals surface area contributed by atoms with Crippen molar-refractivity contribution >= 4 is 29.9 Å². The van der Waals surface area contributed by atoms with Crippen molar-refractivity contribution in [2.45, 2.75) is 23.8 Å². The lowest BCUT2D eigenvalue weighted by atomic mass is 10.1. The number of thioether (sulfide) groups is 1. The first-order valence-electron chi connectivity index (χ1n) is 7.28. The number of benzene rings is 1. The minimum absolute atomic E-state index is 0.185. The lowest BCUT2D eigenvalue weighted by Gasteiger charge is -2.17. The molecule has 1 atom stereocenters. The molecule has 0 amide bonds. The first-order valence-corrected chi connectivity index (χ1v) is 9.41. The standard InChI is InChI=1S/C17H18N2OS2/c1-21-16-8-4-13(5-9-16)17-12-18-11-14(19-17)6-7-15-3-2-10-22-20-15/h4-9,11-12,15H,2-3,10H2,1H3/b7-6-. The number of nitrogens with zero attached hydrogens (tertiary/aromatic N) is 2. The molecule has 0 saturated carbocycles. The molecule has 0 spiro atoms. The molecule has 0 bridgehead atoms. The predicted molar refractivity (Wildman–Crippen MR) is 94.8 cm³/mol. The highest BCUT2D eigenvalue weighted by Gasteiger charge is 2.11. The van der Waals surface area contributed by atoms with Gasteiger partial charge in [0, 0.05) is 16.2 Å². The Morgan fingerprint density at radius 2 is 2.14 bits per heavy atom. The maximum atomic E-state index is 5.62. The van der Waals surface area contributed by atoms with Crippen molar-refractivity contribution < 1.29 is 4.18 Å². The van der Waals surface area contributed by atoms with E-state index in [-0.39, 0.29) is 6.10 Å². The molecular formula is C17H18N2OS2. The van der Waals surface area contributed by atoms with Gasteiger partial charge >= 0.3 is 0 Å². The molecule has 22 heavy (non-hydrogen) atoms. The molecule has 3 rings (SSSR count). The van der Waals surface area contributed by atoms with Crippen molar-refractivity contribution in [1.29, 1.82) is 0 Å². The van der Waals surface area contributed by atoms with Crippen molar-refractivity contribution in [1.82, 2.24) is 9.97 Å². The van der Waals surface area contributed by atoms with E-state index in [1.54, 1.807) is 36.2 Å². The smallest absolute Gasteiger partial charge is 0.0907 e. The van der Waals surface area contributed by atoms with Crippen LogP contribution in [0.3, 0.4) is 0 Å². The fourth-order valence-corrected chi connectivity index (χ4v) is 3.35. The molecule has 2 aromatic rings. The molecule has 1 aliphatic rings. The third-order valence-corrected chi connectivity index (χ3v) is 5.01. The van der Waals surface area contributed by atoms with Gasteiger partial charge in [0.2, 0.25) is 0 Å². The fraction of sp³-hybridized carbons (Fsp3) is 0.294. The van der Waals surface area contributed by atoms with Crippen molar-refractivity contribution in [3.05, 3.63) is 48.4 Å². The first-order chi connectivity index (χ1) is 10.8. The molecule has 5 heteroatoms. The van der Waals surface area contributed by atoms with E-state index in [4.69, 9.17) is 4.18 Å². The highest BCUT2D eigenvalue weighted by atomic mass is 32.2. The van der Waals surface area contributed by atoms with E-state index < -0.39 is 0 Å². The first kappa shape index (κ1) is 15.6. The van der Waals surface area contributed by atoms with Crippen LogP contribution >= 0.6 is 23.8 Å². The van der Waals surface area contributed by atoms with E-state index in [1.807, 2.05) is 6.08 Å². The second-order valence-corrected chi connectivity index (χ2v) is 6.73. The molecule has 0 N–H and O–H groups in total. The SMILES string of the molecule is CSc1ccc(-c2cncc(/C=C\C3CCCSO3)n2)cc1. The quantitative estimate of drug-likeness (QED) is 0.599. The lowest BCUT2D eigenvalue weighted by Crippen LogP contribution is -2.10. The van der Waals surface area contributed by atoms with Gasteiger partial charge < -0.3 is 4.18 Å². The fourth-order valence-electron chi connectivity index (χ4n) is 2.22. The van der Waals surface area contributed by atoms with Crippen LogP contribution in [0.15, 0.2) is 47.6 Å². The Labute approximate surface area is 139 Å². The van der Waals surface area contributed by atoms with Crippen LogP contribution in [0, 0.1) is 0 Å². The lowest BCUT2D eigenvalue weighted by molar-refractivity contribution is 0.268. The summed E-state index contributed by atoms with van der Waals surface area (Å²) in [7, 11) is 0. The highest BCUT2D eigenvalue weighted by Crippen LogP contribution is 2.23. The second-order valence-electron chi connectivity index (χ2n) is 5.02. The molecule has 1 fully saturated rings. The van der Waals surface area contributed by atoms with Gasteiger partial charge in [-0.05, 0) is 49.3 Å². The van der Waals surface area contributed by atoms with Crippen molar-refractivity contribution in [3.8, 4) is 11.3 Å². The van der Waals surface area contributed by atoms with Gasteiger partial charge in [-0.25, -0.2) is 4.98 Å². The Hall–Kier alpha value is -1.30. The largest absolute Gasteiger partial charge is 0.308 e. The summed E-state index contributed by atoms with van der Waals surface area (Å²) >= 11 is 3.29. The van der Waals surface area contributed by atoms with Gasteiger partial charge in [0.25, 0.3) is 0 Å². The second kappa shape index (κ2) is 7.81. The van der Waals surface area contributed by atoms with Crippen LogP contribution in [0.4, 0.5) is 0 Å². The Morgan fingerprint density at radius 3 is 2.86 bits per heavy atom. The highest BCUT2D eigenvalue weighted by molar-refractivity contribution is 7.98. The van der Waals surface area contributed by atoms with Crippen LogP contribution in [0.5, 0.6) is 0 Å². The van der Waals surface area contributed by atoms with Crippen LogP contribution in [0.2, 0.25) is 0 Å². The summed E-state index contributed by atoms with van der Waals surface area (Å²) < 4.78 is 5.62. The summed E-state index contributed by atoms with van der Waals surface area (Å²) in [5.74, 6) is 1.09. The average molecular weight is 330 g/mol. The molecule has 1 unspecified atom stereocenters. The van der Waals surface area contributed by atoms with Crippen LogP contribution < -0.4 is 0 Å². The van der Waals surface area contributed by atoms with E-state index >= 15 is 0 Å². The predicted octanol–water partition coefficient (Wildman–Crippen LogP) is 4.71. The molecule has 0 radical (unpaired) electrons. The average Bonchev–Trinajstić information content (AvgIpc) is 2.61. The monoisotopic (exact) mass is 330 g/mol. The van der Waals surface area contributed by atoms with Crippen molar-refractivity contribution in [2.75, 3.05) is 12.0 Å². The van der Waals surface area contributed by atoms with Crippen LogP contribution in [-0.2, 0) is 4.18 Å². The van der Waals surface area contributed by atoms with Gasteiger partial charge in [-0.1, -0.05) is 18.2 Å². The third-order valence-electron chi connectivity index (χ3n) is 3.43. The molecular weight excluding hydrogens is 312 g/mol. The van der Waals surface area contributed by atoms with Gasteiger partial charge in [-0.2, -0.15) is 0 Å². The van der Waals surface area contributed by atoms with E-state index in [0.717, 1.165) is 29.1 Å². The zero-order valence-electron chi connectivity index (χ0n) is 12.4. The number of hydrogen-bond donors (Lipinski definition) is 0. The molecule has 1 aliphatic heterocycles. The molecule has 1 aromatic heterocycles.